The highest BCUT2D eigenvalue weighted by Gasteiger charge is 2.18. The fourth-order valence-corrected chi connectivity index (χ4v) is 3.87. The number of carbonyl (C=O) groups is 3. The number of hydrogen-bond donors (Lipinski definition) is 3. The Hall–Kier alpha value is -3.17. The molecule has 0 aliphatic rings. The third kappa shape index (κ3) is 5.25. The fraction of sp³-hybridized carbons (Fsp3) is 0.150. The molecule has 0 bridgehead atoms. The van der Waals surface area contributed by atoms with Gasteiger partial charge < -0.3 is 10.1 Å². The first-order valence-electron chi connectivity index (χ1n) is 8.86. The van der Waals surface area contributed by atoms with Gasteiger partial charge in [-0.15, -0.1) is 11.3 Å². The van der Waals surface area contributed by atoms with Crippen LogP contribution >= 0.6 is 22.9 Å². The smallest absolute Gasteiger partial charge is 0.281 e. The number of fused-ring (bicyclic) bond motifs is 1. The first-order valence-corrected chi connectivity index (χ1v) is 10.1. The van der Waals surface area contributed by atoms with E-state index in [1.54, 1.807) is 25.1 Å². The van der Waals surface area contributed by atoms with Crippen LogP contribution in [0.25, 0.3) is 10.1 Å². The molecule has 3 aromatic rings. The zero-order valence-electron chi connectivity index (χ0n) is 15.8. The minimum atomic E-state index is -0.524. The van der Waals surface area contributed by atoms with Crippen molar-refractivity contribution in [2.24, 2.45) is 0 Å². The number of benzene rings is 2. The molecule has 0 aliphatic heterocycles. The Morgan fingerprint density at radius 3 is 2.50 bits per heavy atom. The van der Waals surface area contributed by atoms with E-state index in [1.807, 2.05) is 0 Å². The Bertz CT molecular complexity index is 1100. The minimum Gasteiger partial charge on any atom is -0.484 e. The van der Waals surface area contributed by atoms with Crippen LogP contribution in [0.3, 0.4) is 0 Å². The Labute approximate surface area is 180 Å². The minimum absolute atomic E-state index is 0.232. The number of carbonyl (C=O) groups excluding carboxylic acids is 3. The van der Waals surface area contributed by atoms with Crippen molar-refractivity contribution >= 4 is 56.4 Å². The van der Waals surface area contributed by atoms with Crippen LogP contribution in [0, 0.1) is 5.82 Å². The number of nitrogens with one attached hydrogen (secondary N) is 3. The van der Waals surface area contributed by atoms with Crippen LogP contribution in [-0.4, -0.2) is 24.3 Å². The van der Waals surface area contributed by atoms with E-state index >= 15 is 0 Å². The molecule has 1 aromatic heterocycles. The van der Waals surface area contributed by atoms with Crippen molar-refractivity contribution in [2.75, 3.05) is 11.9 Å². The fourth-order valence-electron chi connectivity index (χ4n) is 2.43. The van der Waals surface area contributed by atoms with Crippen molar-refractivity contribution in [3.05, 3.63) is 58.2 Å². The molecule has 3 rings (SSSR count). The van der Waals surface area contributed by atoms with Crippen molar-refractivity contribution in [2.45, 2.75) is 13.3 Å². The zero-order chi connectivity index (χ0) is 21.7. The van der Waals surface area contributed by atoms with Gasteiger partial charge in [-0.2, -0.15) is 0 Å². The summed E-state index contributed by atoms with van der Waals surface area (Å²) in [6.07, 6.45) is 0.232. The number of amides is 3. The van der Waals surface area contributed by atoms with Crippen molar-refractivity contribution in [1.82, 2.24) is 10.9 Å². The van der Waals surface area contributed by atoms with Gasteiger partial charge in [0.1, 0.15) is 16.4 Å². The molecule has 0 fully saturated rings. The van der Waals surface area contributed by atoms with E-state index in [1.165, 1.54) is 24.3 Å². The average molecular weight is 450 g/mol. The van der Waals surface area contributed by atoms with Gasteiger partial charge in [0, 0.05) is 22.2 Å². The molecule has 0 atom stereocenters. The van der Waals surface area contributed by atoms with Gasteiger partial charge in [0.25, 0.3) is 11.8 Å². The van der Waals surface area contributed by atoms with Gasteiger partial charge in [-0.05, 0) is 42.5 Å². The van der Waals surface area contributed by atoms with Crippen LogP contribution in [-0.2, 0) is 9.59 Å². The molecule has 1 heterocycles. The molecule has 3 amide bonds. The molecule has 0 saturated heterocycles. The van der Waals surface area contributed by atoms with Crippen molar-refractivity contribution < 1.29 is 23.5 Å². The lowest BCUT2D eigenvalue weighted by molar-refractivity contribution is -0.121. The van der Waals surface area contributed by atoms with Gasteiger partial charge in [0.05, 0.1) is 5.02 Å². The van der Waals surface area contributed by atoms with Crippen LogP contribution in [0.2, 0.25) is 5.02 Å². The predicted molar refractivity (Wildman–Crippen MR) is 113 cm³/mol. The topological polar surface area (TPSA) is 96.5 Å². The molecular formula is C20H17ClFN3O4S. The van der Waals surface area contributed by atoms with E-state index in [0.717, 1.165) is 11.3 Å². The lowest BCUT2D eigenvalue weighted by Gasteiger charge is -2.07. The van der Waals surface area contributed by atoms with Crippen molar-refractivity contribution in [1.29, 1.82) is 0 Å². The van der Waals surface area contributed by atoms with E-state index in [4.69, 9.17) is 16.3 Å². The quantitative estimate of drug-likeness (QED) is 0.497. The second-order valence-electron chi connectivity index (χ2n) is 6.10. The molecule has 0 saturated carbocycles. The summed E-state index contributed by atoms with van der Waals surface area (Å²) in [7, 11) is 0. The summed E-state index contributed by atoms with van der Waals surface area (Å²) in [6, 6.07) is 10.4. The standard InChI is InChI=1S/C20H17ClFN3O4S/c1-2-16(26)24-25-20(28)19-18(21)14-8-7-13(9-15(14)30-19)29-10-17(27)23-12-5-3-11(22)4-6-12/h3-9H,2,10H2,1H3,(H,23,27)(H,24,26)(H,25,28). The lowest BCUT2D eigenvalue weighted by Crippen LogP contribution is -2.41. The first-order chi connectivity index (χ1) is 14.4. The van der Waals surface area contributed by atoms with Crippen molar-refractivity contribution in [3.8, 4) is 5.75 Å². The average Bonchev–Trinajstić information content (AvgIpc) is 3.08. The summed E-state index contributed by atoms with van der Waals surface area (Å²) >= 11 is 7.42. The third-order valence-electron chi connectivity index (χ3n) is 3.94. The van der Waals surface area contributed by atoms with Crippen LogP contribution in [0.4, 0.5) is 10.1 Å². The van der Waals surface area contributed by atoms with E-state index in [-0.39, 0.29) is 28.8 Å². The molecule has 156 valence electrons. The molecule has 2 aromatic carbocycles. The van der Waals surface area contributed by atoms with Crippen molar-refractivity contribution in [3.63, 3.8) is 0 Å². The van der Waals surface area contributed by atoms with Gasteiger partial charge in [0.15, 0.2) is 6.61 Å². The Balaban J connectivity index is 1.64. The number of thiophene rings is 1. The van der Waals surface area contributed by atoms with Crippen LogP contribution in [0.15, 0.2) is 42.5 Å². The molecular weight excluding hydrogens is 433 g/mol. The molecule has 10 heteroatoms. The number of hydrogen-bond acceptors (Lipinski definition) is 5. The van der Waals surface area contributed by atoms with Gasteiger partial charge in [-0.3, -0.25) is 25.2 Å². The summed E-state index contributed by atoms with van der Waals surface area (Å²) in [4.78, 5) is 35.8. The second-order valence-corrected chi connectivity index (χ2v) is 7.53. The molecule has 0 aliphatic carbocycles. The highest BCUT2D eigenvalue weighted by molar-refractivity contribution is 7.21. The van der Waals surface area contributed by atoms with Gasteiger partial charge in [0.2, 0.25) is 5.91 Å². The summed E-state index contributed by atoms with van der Waals surface area (Å²) in [5.74, 6) is -1.23. The Kier molecular flexibility index (Phi) is 6.86. The maximum atomic E-state index is 12.9. The third-order valence-corrected chi connectivity index (χ3v) is 5.60. The summed E-state index contributed by atoms with van der Waals surface area (Å²) < 4.78 is 19.1. The maximum absolute atomic E-state index is 12.9. The summed E-state index contributed by atoms with van der Waals surface area (Å²) in [6.45, 7) is 1.41. The molecule has 0 spiro atoms. The predicted octanol–water partition coefficient (Wildman–Crippen LogP) is 3.88. The number of ether oxygens (including phenoxy) is 1. The monoisotopic (exact) mass is 449 g/mol. The van der Waals surface area contributed by atoms with Gasteiger partial charge in [-0.25, -0.2) is 4.39 Å². The van der Waals surface area contributed by atoms with Crippen LogP contribution in [0.5, 0.6) is 5.75 Å². The highest BCUT2D eigenvalue weighted by atomic mass is 35.5. The molecule has 0 unspecified atom stereocenters. The summed E-state index contributed by atoms with van der Waals surface area (Å²) in [5, 5.41) is 3.51. The summed E-state index contributed by atoms with van der Waals surface area (Å²) in [5.41, 5.74) is 5.06. The number of hydrazine groups is 1. The van der Waals surface area contributed by atoms with Crippen LogP contribution in [0.1, 0.15) is 23.0 Å². The Morgan fingerprint density at radius 2 is 1.80 bits per heavy atom. The number of halogens is 2. The highest BCUT2D eigenvalue weighted by Crippen LogP contribution is 2.37. The maximum Gasteiger partial charge on any atom is 0.281 e. The first kappa shape index (κ1) is 21.5. The van der Waals surface area contributed by atoms with E-state index in [2.05, 4.69) is 16.2 Å². The molecule has 30 heavy (non-hydrogen) atoms. The molecule has 0 radical (unpaired) electrons. The van der Waals surface area contributed by atoms with E-state index in [0.29, 0.717) is 21.5 Å². The second kappa shape index (κ2) is 9.55. The SMILES string of the molecule is CCC(=O)NNC(=O)c1sc2cc(OCC(=O)Nc3ccc(F)cc3)ccc2c1Cl. The number of rotatable bonds is 6. The normalized spacial score (nSPS) is 10.5. The molecule has 7 nitrogen and oxygen atoms in total. The van der Waals surface area contributed by atoms with Gasteiger partial charge >= 0.3 is 0 Å². The van der Waals surface area contributed by atoms with Crippen LogP contribution < -0.4 is 20.9 Å². The van der Waals surface area contributed by atoms with Gasteiger partial charge in [-0.1, -0.05) is 18.5 Å². The zero-order valence-corrected chi connectivity index (χ0v) is 17.3. The lowest BCUT2D eigenvalue weighted by atomic mass is 10.2. The van der Waals surface area contributed by atoms with E-state index in [9.17, 15) is 18.8 Å². The molecule has 3 N–H and O–H groups in total. The van der Waals surface area contributed by atoms with E-state index < -0.39 is 17.6 Å². The Morgan fingerprint density at radius 1 is 1.07 bits per heavy atom. The largest absolute Gasteiger partial charge is 0.484 e. The number of anilines is 1.